The Morgan fingerprint density at radius 3 is 2.67 bits per heavy atom. The van der Waals surface area contributed by atoms with Crippen molar-refractivity contribution in [1.29, 1.82) is 0 Å². The third-order valence-electron chi connectivity index (χ3n) is 4.89. The maximum atomic E-state index is 12.6. The molecular formula is C21H19ClN6OS. The van der Waals surface area contributed by atoms with Gasteiger partial charge in [-0.25, -0.2) is 15.4 Å². The van der Waals surface area contributed by atoms with Gasteiger partial charge in [0.1, 0.15) is 17.0 Å². The summed E-state index contributed by atoms with van der Waals surface area (Å²) < 4.78 is 2.11. The molecule has 0 saturated heterocycles. The van der Waals surface area contributed by atoms with Gasteiger partial charge in [-0.3, -0.25) is 4.79 Å². The van der Waals surface area contributed by atoms with Gasteiger partial charge in [-0.2, -0.15) is 5.10 Å². The number of hydrazone groups is 1. The number of halogens is 1. The first-order valence-corrected chi connectivity index (χ1v) is 10.3. The van der Waals surface area contributed by atoms with Crippen LogP contribution in [-0.4, -0.2) is 26.7 Å². The van der Waals surface area contributed by atoms with E-state index in [-0.39, 0.29) is 5.91 Å². The third-order valence-corrected chi connectivity index (χ3v) is 6.34. The van der Waals surface area contributed by atoms with Crippen LogP contribution < -0.4 is 11.2 Å². The average molecular weight is 439 g/mol. The van der Waals surface area contributed by atoms with Gasteiger partial charge in [-0.05, 0) is 56.7 Å². The predicted molar refractivity (Wildman–Crippen MR) is 122 cm³/mol. The number of hydrogen-bond donors (Lipinski definition) is 2. The Balaban J connectivity index is 1.56. The molecule has 0 spiro atoms. The molecule has 0 bridgehead atoms. The number of aryl methyl sites for hydroxylation is 2. The topological polar surface area (TPSA) is 98.2 Å². The minimum absolute atomic E-state index is 0.308. The number of fused-ring (bicyclic) bond motifs is 1. The predicted octanol–water partition coefficient (Wildman–Crippen LogP) is 4.41. The van der Waals surface area contributed by atoms with Gasteiger partial charge in [0.25, 0.3) is 5.91 Å². The molecule has 3 N–H and O–H groups in total. The zero-order valence-electron chi connectivity index (χ0n) is 16.6. The van der Waals surface area contributed by atoms with E-state index in [4.69, 9.17) is 17.3 Å². The van der Waals surface area contributed by atoms with Crippen LogP contribution in [0.2, 0.25) is 5.02 Å². The minimum Gasteiger partial charge on any atom is -0.383 e. The van der Waals surface area contributed by atoms with E-state index in [1.807, 2.05) is 51.1 Å². The van der Waals surface area contributed by atoms with E-state index in [0.29, 0.717) is 25.9 Å². The van der Waals surface area contributed by atoms with Crippen LogP contribution in [-0.2, 0) is 0 Å². The second-order valence-electron chi connectivity index (χ2n) is 6.83. The van der Waals surface area contributed by atoms with Crippen LogP contribution in [0, 0.1) is 20.8 Å². The SMILES string of the molecule is Cc1c(C(=O)N/N=C\c2cc(C)n(-c3ccc(Cl)cc3)c2C)sc2ncnc(N)c12. The number of carbonyl (C=O) groups is 1. The van der Waals surface area contributed by atoms with Crippen LogP contribution in [0.1, 0.15) is 32.2 Å². The number of aromatic nitrogens is 3. The molecule has 1 amide bonds. The number of nitrogens with zero attached hydrogens (tertiary/aromatic N) is 4. The van der Waals surface area contributed by atoms with Gasteiger partial charge in [0.05, 0.1) is 16.5 Å². The maximum absolute atomic E-state index is 12.6. The zero-order valence-corrected chi connectivity index (χ0v) is 18.2. The lowest BCUT2D eigenvalue weighted by Gasteiger charge is -2.09. The first-order chi connectivity index (χ1) is 14.4. The molecule has 0 saturated carbocycles. The minimum atomic E-state index is -0.308. The second-order valence-corrected chi connectivity index (χ2v) is 8.27. The standard InChI is InChI=1S/C21H19ClN6OS/c1-11-8-14(13(3)28(11)16-6-4-15(22)5-7-16)9-26-27-20(29)18-12(2)17-19(23)24-10-25-21(17)30-18/h4-10H,1-3H3,(H,27,29)(H2,23,24,25)/b26-9-. The quantitative estimate of drug-likeness (QED) is 0.364. The molecule has 4 aromatic rings. The van der Waals surface area contributed by atoms with Crippen LogP contribution >= 0.6 is 22.9 Å². The molecule has 0 unspecified atom stereocenters. The van der Waals surface area contributed by atoms with Gasteiger partial charge in [0.2, 0.25) is 0 Å². The highest BCUT2D eigenvalue weighted by Gasteiger charge is 2.18. The van der Waals surface area contributed by atoms with Crippen LogP contribution in [0.4, 0.5) is 5.82 Å². The average Bonchev–Trinajstić information content (AvgIpc) is 3.20. The van der Waals surface area contributed by atoms with E-state index >= 15 is 0 Å². The van der Waals surface area contributed by atoms with Crippen molar-refractivity contribution in [2.45, 2.75) is 20.8 Å². The molecular weight excluding hydrogens is 420 g/mol. The second kappa shape index (κ2) is 7.89. The summed E-state index contributed by atoms with van der Waals surface area (Å²) in [6.45, 7) is 5.85. The van der Waals surface area contributed by atoms with Crippen molar-refractivity contribution in [3.05, 3.63) is 69.1 Å². The van der Waals surface area contributed by atoms with Gasteiger partial charge >= 0.3 is 0 Å². The number of amides is 1. The Kier molecular flexibility index (Phi) is 5.27. The number of benzene rings is 1. The smallest absolute Gasteiger partial charge is 0.281 e. The molecule has 9 heteroatoms. The Morgan fingerprint density at radius 2 is 1.97 bits per heavy atom. The van der Waals surface area contributed by atoms with E-state index < -0.39 is 0 Å². The number of rotatable bonds is 4. The number of thiophene rings is 1. The van der Waals surface area contributed by atoms with Crippen LogP contribution in [0.15, 0.2) is 41.8 Å². The third kappa shape index (κ3) is 3.55. The fourth-order valence-electron chi connectivity index (χ4n) is 3.43. The monoisotopic (exact) mass is 438 g/mol. The lowest BCUT2D eigenvalue weighted by atomic mass is 10.2. The Bertz CT molecular complexity index is 1290. The molecule has 3 heterocycles. The summed E-state index contributed by atoms with van der Waals surface area (Å²) in [4.78, 5) is 22.0. The molecule has 30 heavy (non-hydrogen) atoms. The van der Waals surface area contributed by atoms with E-state index in [2.05, 4.69) is 25.1 Å². The lowest BCUT2D eigenvalue weighted by molar-refractivity contribution is 0.0958. The van der Waals surface area contributed by atoms with E-state index in [9.17, 15) is 4.79 Å². The molecule has 0 aliphatic rings. The number of nitrogens with two attached hydrogens (primary N) is 1. The summed E-state index contributed by atoms with van der Waals surface area (Å²) >= 11 is 7.26. The van der Waals surface area contributed by atoms with Gasteiger partial charge in [-0.15, -0.1) is 11.3 Å². The fraction of sp³-hybridized carbons (Fsp3) is 0.143. The summed E-state index contributed by atoms with van der Waals surface area (Å²) in [5.41, 5.74) is 13.3. The largest absolute Gasteiger partial charge is 0.383 e. The summed E-state index contributed by atoms with van der Waals surface area (Å²) in [7, 11) is 0. The molecule has 0 aliphatic carbocycles. The summed E-state index contributed by atoms with van der Waals surface area (Å²) in [6.07, 6.45) is 3.04. The molecule has 0 fully saturated rings. The van der Waals surface area contributed by atoms with Crippen LogP contribution in [0.5, 0.6) is 0 Å². The number of nitrogens with one attached hydrogen (secondary N) is 1. The van der Waals surface area contributed by atoms with Crippen LogP contribution in [0.3, 0.4) is 0 Å². The fourth-order valence-corrected chi connectivity index (χ4v) is 4.60. The van der Waals surface area contributed by atoms with Gasteiger partial charge in [0, 0.05) is 27.7 Å². The van der Waals surface area contributed by atoms with Crippen molar-refractivity contribution in [3.63, 3.8) is 0 Å². The molecule has 0 aliphatic heterocycles. The molecule has 1 aromatic carbocycles. The Morgan fingerprint density at radius 1 is 1.23 bits per heavy atom. The van der Waals surface area contributed by atoms with E-state index in [1.165, 1.54) is 17.7 Å². The van der Waals surface area contributed by atoms with E-state index in [0.717, 1.165) is 28.2 Å². The first kappa shape index (κ1) is 20.1. The van der Waals surface area contributed by atoms with Crippen molar-refractivity contribution in [1.82, 2.24) is 20.0 Å². The number of hydrogen-bond acceptors (Lipinski definition) is 6. The molecule has 0 radical (unpaired) electrons. The van der Waals surface area contributed by atoms with Gasteiger partial charge in [-0.1, -0.05) is 11.6 Å². The van der Waals surface area contributed by atoms with E-state index in [1.54, 1.807) is 6.21 Å². The maximum Gasteiger partial charge on any atom is 0.281 e. The highest BCUT2D eigenvalue weighted by Crippen LogP contribution is 2.31. The summed E-state index contributed by atoms with van der Waals surface area (Å²) in [5.74, 6) is 0.0589. The molecule has 4 rings (SSSR count). The first-order valence-electron chi connectivity index (χ1n) is 9.14. The zero-order chi connectivity index (χ0) is 21.4. The van der Waals surface area contributed by atoms with Crippen LogP contribution in [0.25, 0.3) is 15.9 Å². The van der Waals surface area contributed by atoms with Crippen molar-refractivity contribution in [3.8, 4) is 5.69 Å². The van der Waals surface area contributed by atoms with Crippen molar-refractivity contribution in [2.24, 2.45) is 5.10 Å². The lowest BCUT2D eigenvalue weighted by Crippen LogP contribution is -2.17. The van der Waals surface area contributed by atoms with Gasteiger partial charge < -0.3 is 10.3 Å². The summed E-state index contributed by atoms with van der Waals surface area (Å²) in [6, 6.07) is 9.65. The number of nitrogen functional groups attached to an aromatic ring is 1. The molecule has 0 atom stereocenters. The molecule has 7 nitrogen and oxygen atoms in total. The highest BCUT2D eigenvalue weighted by molar-refractivity contribution is 7.20. The molecule has 152 valence electrons. The van der Waals surface area contributed by atoms with Crippen molar-refractivity contribution in [2.75, 3.05) is 5.73 Å². The Labute approximate surface area is 182 Å². The normalized spacial score (nSPS) is 11.5. The molecule has 3 aromatic heterocycles. The summed E-state index contributed by atoms with van der Waals surface area (Å²) in [5, 5.41) is 5.56. The Hall–Kier alpha value is -3.23. The van der Waals surface area contributed by atoms with Crippen molar-refractivity contribution < 1.29 is 4.79 Å². The highest BCUT2D eigenvalue weighted by atomic mass is 35.5. The van der Waals surface area contributed by atoms with Gasteiger partial charge in [0.15, 0.2) is 0 Å². The number of carbonyl (C=O) groups excluding carboxylic acids is 1. The number of anilines is 1. The van der Waals surface area contributed by atoms with Crippen molar-refractivity contribution >= 4 is 51.1 Å².